The molecule has 0 saturated heterocycles. The number of aliphatic hydroxyl groups is 1. The van der Waals surface area contributed by atoms with Gasteiger partial charge in [0.15, 0.2) is 0 Å². The number of hydrogen-bond donors (Lipinski definition) is 3. The van der Waals surface area contributed by atoms with Crippen molar-refractivity contribution in [3.05, 3.63) is 42.0 Å². The fourth-order valence-electron chi connectivity index (χ4n) is 3.26. The van der Waals surface area contributed by atoms with Crippen LogP contribution in [0.5, 0.6) is 5.75 Å². The Morgan fingerprint density at radius 3 is 2.68 bits per heavy atom. The second-order valence-corrected chi connectivity index (χ2v) is 7.31. The lowest BCUT2D eigenvalue weighted by atomic mass is 10.0. The van der Waals surface area contributed by atoms with E-state index in [2.05, 4.69) is 10.6 Å². The SMILES string of the molecule is COc1ccccc1CNC(=O)C[C@H]1C=C[C@@H](NC(=O)CC2CC2)[C@@H](CO)O1. The van der Waals surface area contributed by atoms with E-state index in [4.69, 9.17) is 9.47 Å². The first-order valence-corrected chi connectivity index (χ1v) is 9.71. The summed E-state index contributed by atoms with van der Waals surface area (Å²) in [5, 5.41) is 15.4. The minimum atomic E-state index is -0.555. The summed E-state index contributed by atoms with van der Waals surface area (Å²) in [5.41, 5.74) is 0.894. The van der Waals surface area contributed by atoms with E-state index in [1.54, 1.807) is 13.2 Å². The van der Waals surface area contributed by atoms with Crippen LogP contribution in [0.1, 0.15) is 31.2 Å². The number of rotatable bonds is 9. The van der Waals surface area contributed by atoms with Gasteiger partial charge in [-0.25, -0.2) is 0 Å². The lowest BCUT2D eigenvalue weighted by Crippen LogP contribution is -2.49. The van der Waals surface area contributed by atoms with E-state index in [1.807, 2.05) is 30.3 Å². The average Bonchev–Trinajstić information content (AvgIpc) is 3.51. The number of para-hydroxylation sites is 1. The van der Waals surface area contributed by atoms with Gasteiger partial charge in [-0.05, 0) is 24.8 Å². The van der Waals surface area contributed by atoms with E-state index in [0.717, 1.165) is 24.2 Å². The maximum Gasteiger partial charge on any atom is 0.223 e. The monoisotopic (exact) mass is 388 g/mol. The van der Waals surface area contributed by atoms with Crippen LogP contribution in [0.2, 0.25) is 0 Å². The predicted molar refractivity (Wildman–Crippen MR) is 104 cm³/mol. The maximum atomic E-state index is 12.3. The molecule has 0 unspecified atom stereocenters. The quantitative estimate of drug-likeness (QED) is 0.554. The molecule has 1 aromatic rings. The molecule has 1 aliphatic carbocycles. The molecule has 2 aliphatic rings. The number of ether oxygens (including phenoxy) is 2. The summed E-state index contributed by atoms with van der Waals surface area (Å²) in [4.78, 5) is 24.3. The molecule has 28 heavy (non-hydrogen) atoms. The fourth-order valence-corrected chi connectivity index (χ4v) is 3.26. The van der Waals surface area contributed by atoms with Crippen molar-refractivity contribution in [1.82, 2.24) is 10.6 Å². The van der Waals surface area contributed by atoms with Gasteiger partial charge in [0.2, 0.25) is 11.8 Å². The third-order valence-corrected chi connectivity index (χ3v) is 5.02. The van der Waals surface area contributed by atoms with Crippen LogP contribution in [-0.2, 0) is 20.9 Å². The van der Waals surface area contributed by atoms with Crippen LogP contribution in [0.3, 0.4) is 0 Å². The average molecular weight is 388 g/mol. The first-order chi connectivity index (χ1) is 13.6. The summed E-state index contributed by atoms with van der Waals surface area (Å²) in [5.74, 6) is 1.04. The number of hydrogen-bond acceptors (Lipinski definition) is 5. The van der Waals surface area contributed by atoms with Crippen molar-refractivity contribution in [1.29, 1.82) is 0 Å². The molecule has 1 aliphatic heterocycles. The van der Waals surface area contributed by atoms with Crippen LogP contribution < -0.4 is 15.4 Å². The number of carbonyl (C=O) groups is 2. The van der Waals surface area contributed by atoms with Gasteiger partial charge in [0.1, 0.15) is 11.9 Å². The fraction of sp³-hybridized carbons (Fsp3) is 0.524. The zero-order chi connectivity index (χ0) is 19.9. The van der Waals surface area contributed by atoms with Gasteiger partial charge in [-0.1, -0.05) is 30.4 Å². The van der Waals surface area contributed by atoms with Crippen molar-refractivity contribution in [3.63, 3.8) is 0 Å². The van der Waals surface area contributed by atoms with Crippen LogP contribution in [0.25, 0.3) is 0 Å². The van der Waals surface area contributed by atoms with Crippen molar-refractivity contribution in [3.8, 4) is 5.75 Å². The lowest BCUT2D eigenvalue weighted by molar-refractivity contribution is -0.128. The highest BCUT2D eigenvalue weighted by Crippen LogP contribution is 2.32. The highest BCUT2D eigenvalue weighted by atomic mass is 16.5. The summed E-state index contributed by atoms with van der Waals surface area (Å²) >= 11 is 0. The zero-order valence-corrected chi connectivity index (χ0v) is 16.1. The topological polar surface area (TPSA) is 96.9 Å². The molecule has 3 rings (SSSR count). The van der Waals surface area contributed by atoms with Gasteiger partial charge in [0.25, 0.3) is 0 Å². The Bertz CT molecular complexity index is 717. The van der Waals surface area contributed by atoms with Gasteiger partial charge in [-0.2, -0.15) is 0 Å². The number of benzene rings is 1. The van der Waals surface area contributed by atoms with Crippen LogP contribution >= 0.6 is 0 Å². The number of amides is 2. The second-order valence-electron chi connectivity index (χ2n) is 7.31. The second kappa shape index (κ2) is 9.71. The minimum absolute atomic E-state index is 0.0211. The summed E-state index contributed by atoms with van der Waals surface area (Å²) in [6, 6.07) is 7.13. The van der Waals surface area contributed by atoms with E-state index in [-0.39, 0.29) is 30.9 Å². The normalized spacial score (nSPS) is 23.9. The van der Waals surface area contributed by atoms with E-state index >= 15 is 0 Å². The Labute approximate surface area is 165 Å². The molecule has 7 heteroatoms. The summed E-state index contributed by atoms with van der Waals surface area (Å²) in [6.07, 6.45) is 5.48. The molecule has 1 heterocycles. The Balaban J connectivity index is 1.48. The molecular weight excluding hydrogens is 360 g/mol. The molecule has 1 saturated carbocycles. The minimum Gasteiger partial charge on any atom is -0.496 e. The molecule has 7 nitrogen and oxygen atoms in total. The Morgan fingerprint density at radius 2 is 1.96 bits per heavy atom. The number of carbonyl (C=O) groups excluding carboxylic acids is 2. The largest absolute Gasteiger partial charge is 0.496 e. The van der Waals surface area contributed by atoms with E-state index in [0.29, 0.717) is 18.9 Å². The Morgan fingerprint density at radius 1 is 1.18 bits per heavy atom. The summed E-state index contributed by atoms with van der Waals surface area (Å²) in [6.45, 7) is 0.139. The van der Waals surface area contributed by atoms with Crippen LogP contribution in [-0.4, -0.2) is 48.9 Å². The van der Waals surface area contributed by atoms with Crippen LogP contribution in [0.15, 0.2) is 36.4 Å². The highest BCUT2D eigenvalue weighted by molar-refractivity contribution is 5.77. The van der Waals surface area contributed by atoms with Crippen molar-refractivity contribution in [2.24, 2.45) is 5.92 Å². The van der Waals surface area contributed by atoms with Gasteiger partial charge in [-0.3, -0.25) is 9.59 Å². The molecule has 0 aromatic heterocycles. The van der Waals surface area contributed by atoms with Gasteiger partial charge >= 0.3 is 0 Å². The van der Waals surface area contributed by atoms with Crippen molar-refractivity contribution >= 4 is 11.8 Å². The number of aliphatic hydroxyl groups excluding tert-OH is 1. The molecule has 2 amide bonds. The smallest absolute Gasteiger partial charge is 0.223 e. The Kier molecular flexibility index (Phi) is 7.06. The third-order valence-electron chi connectivity index (χ3n) is 5.02. The van der Waals surface area contributed by atoms with Crippen LogP contribution in [0.4, 0.5) is 0 Å². The number of nitrogens with one attached hydrogen (secondary N) is 2. The van der Waals surface area contributed by atoms with Crippen molar-refractivity contribution < 1.29 is 24.2 Å². The molecule has 1 fully saturated rings. The zero-order valence-electron chi connectivity index (χ0n) is 16.1. The standard InChI is InChI=1S/C21H28N2O5/c1-27-18-5-3-2-4-15(18)12-22-20(25)11-16-8-9-17(19(13-24)28-16)23-21(26)10-14-6-7-14/h2-5,8-9,14,16-17,19,24H,6-7,10-13H2,1H3,(H,22,25)(H,23,26)/t16-,17-,19-/m1/s1. The highest BCUT2D eigenvalue weighted by Gasteiger charge is 2.31. The summed E-state index contributed by atoms with van der Waals surface area (Å²) in [7, 11) is 1.59. The molecule has 152 valence electrons. The van der Waals surface area contributed by atoms with Gasteiger partial charge in [-0.15, -0.1) is 0 Å². The van der Waals surface area contributed by atoms with Gasteiger partial charge < -0.3 is 25.2 Å². The van der Waals surface area contributed by atoms with E-state index < -0.39 is 12.2 Å². The van der Waals surface area contributed by atoms with Gasteiger partial charge in [0.05, 0.1) is 32.3 Å². The molecule has 0 spiro atoms. The number of methoxy groups -OCH3 is 1. The first-order valence-electron chi connectivity index (χ1n) is 9.71. The molecular formula is C21H28N2O5. The van der Waals surface area contributed by atoms with Gasteiger partial charge in [0, 0.05) is 18.5 Å². The summed E-state index contributed by atoms with van der Waals surface area (Å²) < 4.78 is 11.1. The van der Waals surface area contributed by atoms with Crippen LogP contribution in [0, 0.1) is 5.92 Å². The Hall–Kier alpha value is -2.38. The molecule has 0 bridgehead atoms. The lowest BCUT2D eigenvalue weighted by Gasteiger charge is -2.31. The first kappa shape index (κ1) is 20.4. The molecule has 3 N–H and O–H groups in total. The maximum absolute atomic E-state index is 12.3. The third kappa shape index (κ3) is 5.81. The molecule has 1 aromatic carbocycles. The predicted octanol–water partition coefficient (Wildman–Crippen LogP) is 1.30. The van der Waals surface area contributed by atoms with Crippen molar-refractivity contribution in [2.45, 2.75) is 50.5 Å². The van der Waals surface area contributed by atoms with E-state index in [1.165, 1.54) is 0 Å². The van der Waals surface area contributed by atoms with E-state index in [9.17, 15) is 14.7 Å². The van der Waals surface area contributed by atoms with Crippen molar-refractivity contribution in [2.75, 3.05) is 13.7 Å². The molecule has 3 atom stereocenters. The molecule has 0 radical (unpaired) electrons.